The van der Waals surface area contributed by atoms with Gasteiger partial charge in [0.05, 0.1) is 30.3 Å². The van der Waals surface area contributed by atoms with E-state index < -0.39 is 0 Å². The van der Waals surface area contributed by atoms with E-state index in [1.54, 1.807) is 25.3 Å². The molecule has 0 amide bonds. The van der Waals surface area contributed by atoms with E-state index in [1.165, 1.54) is 10.9 Å². The third-order valence-corrected chi connectivity index (χ3v) is 5.19. The zero-order valence-electron chi connectivity index (χ0n) is 17.3. The summed E-state index contributed by atoms with van der Waals surface area (Å²) in [5.41, 5.74) is 8.63. The maximum atomic E-state index is 13.1. The van der Waals surface area contributed by atoms with Crippen molar-refractivity contribution in [2.75, 3.05) is 12.8 Å². The molecule has 2 aromatic heterocycles. The number of carbonyl (C=O) groups excluding carboxylic acids is 1. The van der Waals surface area contributed by atoms with Gasteiger partial charge in [-0.15, -0.1) is 0 Å². The monoisotopic (exact) mass is 424 g/mol. The van der Waals surface area contributed by atoms with Crippen LogP contribution in [0.3, 0.4) is 0 Å². The number of nitrogens with two attached hydrogens (primary N) is 1. The van der Waals surface area contributed by atoms with Crippen molar-refractivity contribution in [3.8, 4) is 22.9 Å². The smallest absolute Gasteiger partial charge is 0.214 e. The van der Waals surface area contributed by atoms with Crippen LogP contribution in [-0.2, 0) is 0 Å². The molecule has 0 aliphatic rings. The number of methoxy groups -OCH3 is 1. The molecule has 3 N–H and O–H groups in total. The lowest BCUT2D eigenvalue weighted by Gasteiger charge is -2.12. The highest BCUT2D eigenvalue weighted by Gasteiger charge is 2.20. The topological polar surface area (TPSA) is 95.2 Å². The quantitative estimate of drug-likeness (QED) is 0.375. The van der Waals surface area contributed by atoms with Crippen LogP contribution in [-0.4, -0.2) is 27.7 Å². The molecule has 0 saturated heterocycles. The van der Waals surface area contributed by atoms with E-state index in [9.17, 15) is 4.79 Å². The fraction of sp³-hybridized carbons (Fsp3) is 0.0400. The van der Waals surface area contributed by atoms with Gasteiger partial charge in [-0.25, -0.2) is 4.68 Å². The van der Waals surface area contributed by atoms with E-state index in [-0.39, 0.29) is 11.6 Å². The summed E-state index contributed by atoms with van der Waals surface area (Å²) < 4.78 is 12.9. The molecule has 3 aromatic carbocycles. The standard InChI is InChI=1S/C25H20N4O3/c1-31-23-14-17(11-12-22(23)32-18-8-3-2-4-9-18)29-25(26)19(15-27-29)24(30)21-13-16-7-5-6-10-20(16)28-21/h2-15,28H,26H2,1H3. The van der Waals surface area contributed by atoms with Gasteiger partial charge in [0.25, 0.3) is 0 Å². The van der Waals surface area contributed by atoms with Crippen LogP contribution in [0, 0.1) is 0 Å². The molecule has 7 heteroatoms. The highest BCUT2D eigenvalue weighted by Crippen LogP contribution is 2.34. The molecule has 2 heterocycles. The number of hydrogen-bond acceptors (Lipinski definition) is 5. The molecule has 5 rings (SSSR count). The average molecular weight is 424 g/mol. The molecule has 7 nitrogen and oxygen atoms in total. The van der Waals surface area contributed by atoms with Gasteiger partial charge in [-0.2, -0.15) is 5.10 Å². The van der Waals surface area contributed by atoms with Gasteiger partial charge in [-0.05, 0) is 36.4 Å². The van der Waals surface area contributed by atoms with Crippen LogP contribution in [0.4, 0.5) is 5.82 Å². The first-order chi connectivity index (χ1) is 15.6. The molecular weight excluding hydrogens is 404 g/mol. The Morgan fingerprint density at radius 3 is 2.53 bits per heavy atom. The van der Waals surface area contributed by atoms with Crippen molar-refractivity contribution in [1.82, 2.24) is 14.8 Å². The lowest BCUT2D eigenvalue weighted by Crippen LogP contribution is -2.07. The number of aromatic amines is 1. The minimum absolute atomic E-state index is 0.221. The third kappa shape index (κ3) is 3.45. The van der Waals surface area contributed by atoms with E-state index in [0.29, 0.717) is 34.2 Å². The van der Waals surface area contributed by atoms with Crippen molar-refractivity contribution in [1.29, 1.82) is 0 Å². The number of H-pyrrole nitrogens is 1. The van der Waals surface area contributed by atoms with Crippen molar-refractivity contribution in [3.63, 3.8) is 0 Å². The second kappa shape index (κ2) is 7.96. The summed E-state index contributed by atoms with van der Waals surface area (Å²) in [6, 6.07) is 24.3. The number of nitrogens with zero attached hydrogens (tertiary/aromatic N) is 2. The number of hydrogen-bond donors (Lipinski definition) is 2. The Bertz CT molecular complexity index is 1390. The van der Waals surface area contributed by atoms with Gasteiger partial charge in [0, 0.05) is 17.0 Å². The SMILES string of the molecule is COc1cc(-n2ncc(C(=O)c3cc4ccccc4[nH]3)c2N)ccc1Oc1ccccc1. The van der Waals surface area contributed by atoms with Crippen molar-refractivity contribution in [3.05, 3.63) is 96.3 Å². The Balaban J connectivity index is 1.46. The Labute approximate surface area is 184 Å². The molecule has 0 saturated carbocycles. The van der Waals surface area contributed by atoms with Gasteiger partial charge in [0.1, 0.15) is 11.6 Å². The minimum atomic E-state index is -0.221. The number of anilines is 1. The second-order valence-corrected chi connectivity index (χ2v) is 7.20. The van der Waals surface area contributed by atoms with E-state index in [0.717, 1.165) is 10.9 Å². The summed E-state index contributed by atoms with van der Waals surface area (Å²) in [6.45, 7) is 0. The number of nitrogen functional groups attached to an aromatic ring is 1. The first-order valence-corrected chi connectivity index (χ1v) is 10.0. The summed E-state index contributed by atoms with van der Waals surface area (Å²) >= 11 is 0. The molecule has 5 aromatic rings. The van der Waals surface area contributed by atoms with E-state index in [2.05, 4.69) is 10.1 Å². The van der Waals surface area contributed by atoms with Crippen LogP contribution in [0.2, 0.25) is 0 Å². The van der Waals surface area contributed by atoms with Crippen molar-refractivity contribution < 1.29 is 14.3 Å². The number of para-hydroxylation sites is 2. The second-order valence-electron chi connectivity index (χ2n) is 7.20. The highest BCUT2D eigenvalue weighted by molar-refractivity contribution is 6.12. The molecule has 32 heavy (non-hydrogen) atoms. The van der Waals surface area contributed by atoms with Crippen molar-refractivity contribution >= 4 is 22.5 Å². The van der Waals surface area contributed by atoms with Crippen molar-refractivity contribution in [2.45, 2.75) is 0 Å². The van der Waals surface area contributed by atoms with E-state index in [4.69, 9.17) is 15.2 Å². The number of ketones is 1. The van der Waals surface area contributed by atoms with Crippen LogP contribution in [0.1, 0.15) is 16.1 Å². The van der Waals surface area contributed by atoms with E-state index >= 15 is 0 Å². The maximum absolute atomic E-state index is 13.1. The molecule has 0 aliphatic heterocycles. The van der Waals surface area contributed by atoms with Crippen LogP contribution >= 0.6 is 0 Å². The Hall–Kier alpha value is -4.52. The lowest BCUT2D eigenvalue weighted by atomic mass is 10.1. The average Bonchev–Trinajstić information content (AvgIpc) is 3.43. The first kappa shape index (κ1) is 19.4. The summed E-state index contributed by atoms with van der Waals surface area (Å²) in [5, 5.41) is 5.29. The molecule has 158 valence electrons. The zero-order valence-corrected chi connectivity index (χ0v) is 17.3. The predicted octanol–water partition coefficient (Wildman–Crippen LogP) is 4.97. The molecule has 0 fully saturated rings. The van der Waals surface area contributed by atoms with Crippen LogP contribution in [0.25, 0.3) is 16.6 Å². The molecule has 0 radical (unpaired) electrons. The summed E-state index contributed by atoms with van der Waals surface area (Å²) in [6.07, 6.45) is 1.48. The fourth-order valence-electron chi connectivity index (χ4n) is 3.57. The van der Waals surface area contributed by atoms with Gasteiger partial charge >= 0.3 is 0 Å². The Morgan fingerprint density at radius 2 is 1.75 bits per heavy atom. The van der Waals surface area contributed by atoms with Crippen molar-refractivity contribution in [2.24, 2.45) is 0 Å². The number of nitrogens with one attached hydrogen (secondary N) is 1. The molecule has 0 unspecified atom stereocenters. The number of fused-ring (bicyclic) bond motifs is 1. The zero-order chi connectivity index (χ0) is 22.1. The largest absolute Gasteiger partial charge is 0.493 e. The number of rotatable bonds is 6. The van der Waals surface area contributed by atoms with Gasteiger partial charge in [0.15, 0.2) is 11.5 Å². The van der Waals surface area contributed by atoms with Gasteiger partial charge in [-0.1, -0.05) is 36.4 Å². The van der Waals surface area contributed by atoms with Crippen LogP contribution in [0.5, 0.6) is 17.2 Å². The van der Waals surface area contributed by atoms with Gasteiger partial charge < -0.3 is 20.2 Å². The number of aromatic nitrogens is 3. The Morgan fingerprint density at radius 1 is 0.969 bits per heavy atom. The number of ether oxygens (including phenoxy) is 2. The number of benzene rings is 3. The third-order valence-electron chi connectivity index (χ3n) is 5.19. The van der Waals surface area contributed by atoms with Crippen LogP contribution in [0.15, 0.2) is 85.1 Å². The number of carbonyl (C=O) groups is 1. The fourth-order valence-corrected chi connectivity index (χ4v) is 3.57. The predicted molar refractivity (Wildman–Crippen MR) is 123 cm³/mol. The van der Waals surface area contributed by atoms with Crippen LogP contribution < -0.4 is 15.2 Å². The molecule has 0 spiro atoms. The molecular formula is C25H20N4O3. The molecule has 0 bridgehead atoms. The molecule has 0 atom stereocenters. The van der Waals surface area contributed by atoms with E-state index in [1.807, 2.05) is 60.7 Å². The Kier molecular flexibility index (Phi) is 4.84. The summed E-state index contributed by atoms with van der Waals surface area (Å²) in [4.78, 5) is 16.2. The van der Waals surface area contributed by atoms with Gasteiger partial charge in [-0.3, -0.25) is 4.79 Å². The summed E-state index contributed by atoms with van der Waals surface area (Å²) in [5.74, 6) is 1.80. The highest BCUT2D eigenvalue weighted by atomic mass is 16.5. The molecule has 0 aliphatic carbocycles. The maximum Gasteiger partial charge on any atom is 0.214 e. The minimum Gasteiger partial charge on any atom is -0.493 e. The first-order valence-electron chi connectivity index (χ1n) is 10.0. The normalized spacial score (nSPS) is 10.9. The van der Waals surface area contributed by atoms with Gasteiger partial charge in [0.2, 0.25) is 5.78 Å². The lowest BCUT2D eigenvalue weighted by molar-refractivity contribution is 0.103. The summed E-state index contributed by atoms with van der Waals surface area (Å²) in [7, 11) is 1.56.